The number of carbonyl (C=O) groups is 2. The van der Waals surface area contributed by atoms with Crippen LogP contribution in [0, 0.1) is 0 Å². The molecule has 2 aromatic carbocycles. The number of nitrogens with zero attached hydrogens (tertiary/aromatic N) is 2. The fourth-order valence-electron chi connectivity index (χ4n) is 2.92. The zero-order valence-corrected chi connectivity index (χ0v) is 16.7. The van der Waals surface area contributed by atoms with Gasteiger partial charge in [0.15, 0.2) is 6.61 Å². The van der Waals surface area contributed by atoms with E-state index in [4.69, 9.17) is 27.9 Å². The van der Waals surface area contributed by atoms with Gasteiger partial charge in [0, 0.05) is 48.0 Å². The van der Waals surface area contributed by atoms with Crippen molar-refractivity contribution in [2.75, 3.05) is 37.7 Å². The first kappa shape index (κ1) is 20.2. The summed E-state index contributed by atoms with van der Waals surface area (Å²) >= 11 is 11.9. The quantitative estimate of drug-likeness (QED) is 0.545. The van der Waals surface area contributed by atoms with Gasteiger partial charge in [0.2, 0.25) is 0 Å². The molecule has 3 rings (SSSR count). The van der Waals surface area contributed by atoms with Gasteiger partial charge in [-0.05, 0) is 35.9 Å². The number of hydrogen-bond acceptors (Lipinski definition) is 4. The van der Waals surface area contributed by atoms with Crippen LogP contribution >= 0.6 is 23.2 Å². The largest absolute Gasteiger partial charge is 0.452 e. The summed E-state index contributed by atoms with van der Waals surface area (Å²) in [5.41, 5.74) is 1.79. The lowest BCUT2D eigenvalue weighted by Crippen LogP contribution is -2.49. The predicted molar refractivity (Wildman–Crippen MR) is 112 cm³/mol. The molecule has 146 valence electrons. The number of rotatable bonds is 5. The van der Waals surface area contributed by atoms with E-state index in [9.17, 15) is 9.59 Å². The Morgan fingerprint density at radius 1 is 1.00 bits per heavy atom. The molecule has 1 saturated heterocycles. The third-order valence-electron chi connectivity index (χ3n) is 4.45. The number of ether oxygens (including phenoxy) is 1. The molecule has 28 heavy (non-hydrogen) atoms. The Bertz CT molecular complexity index is 863. The van der Waals surface area contributed by atoms with Crippen molar-refractivity contribution in [2.45, 2.75) is 0 Å². The maximum atomic E-state index is 12.3. The van der Waals surface area contributed by atoms with E-state index in [2.05, 4.69) is 17.0 Å². The first-order valence-electron chi connectivity index (χ1n) is 8.90. The molecule has 0 atom stereocenters. The van der Waals surface area contributed by atoms with Crippen LogP contribution in [-0.4, -0.2) is 49.6 Å². The van der Waals surface area contributed by atoms with Crippen LogP contribution in [0.2, 0.25) is 10.0 Å². The fourth-order valence-corrected chi connectivity index (χ4v) is 3.39. The maximum absolute atomic E-state index is 12.3. The Hall–Kier alpha value is -2.50. The molecule has 0 spiro atoms. The van der Waals surface area contributed by atoms with Gasteiger partial charge in [-0.1, -0.05) is 47.5 Å². The van der Waals surface area contributed by atoms with Crippen LogP contribution in [0.3, 0.4) is 0 Å². The molecule has 0 aromatic heterocycles. The second kappa shape index (κ2) is 9.62. The van der Waals surface area contributed by atoms with Crippen LogP contribution in [0.1, 0.15) is 5.56 Å². The van der Waals surface area contributed by atoms with Crippen LogP contribution in [0.15, 0.2) is 54.6 Å². The van der Waals surface area contributed by atoms with Gasteiger partial charge in [-0.2, -0.15) is 0 Å². The van der Waals surface area contributed by atoms with E-state index in [1.54, 1.807) is 23.1 Å². The molecule has 0 saturated carbocycles. The van der Waals surface area contributed by atoms with Crippen molar-refractivity contribution >= 4 is 46.8 Å². The van der Waals surface area contributed by atoms with Crippen LogP contribution < -0.4 is 4.90 Å². The highest BCUT2D eigenvalue weighted by atomic mass is 35.5. The SMILES string of the molecule is O=C(/C=C/c1ccc(Cl)cc1Cl)OCC(=O)N1CCN(c2ccccc2)CC1. The Balaban J connectivity index is 1.44. The molecular weight excluding hydrogens is 399 g/mol. The zero-order valence-electron chi connectivity index (χ0n) is 15.2. The molecule has 0 bridgehead atoms. The molecule has 7 heteroatoms. The summed E-state index contributed by atoms with van der Waals surface area (Å²) in [6.45, 7) is 2.42. The number of halogens is 2. The highest BCUT2D eigenvalue weighted by Crippen LogP contribution is 2.22. The highest BCUT2D eigenvalue weighted by Gasteiger charge is 2.21. The summed E-state index contributed by atoms with van der Waals surface area (Å²) in [6, 6.07) is 15.0. The van der Waals surface area contributed by atoms with E-state index in [-0.39, 0.29) is 12.5 Å². The first-order valence-corrected chi connectivity index (χ1v) is 9.66. The van der Waals surface area contributed by atoms with Crippen molar-refractivity contribution in [1.82, 2.24) is 4.90 Å². The van der Waals surface area contributed by atoms with Crippen LogP contribution in [-0.2, 0) is 14.3 Å². The van der Waals surface area contributed by atoms with Crippen LogP contribution in [0.4, 0.5) is 5.69 Å². The Labute approximate surface area is 174 Å². The summed E-state index contributed by atoms with van der Waals surface area (Å²) < 4.78 is 5.05. The number of anilines is 1. The predicted octanol–water partition coefficient (Wildman–Crippen LogP) is 3.90. The van der Waals surface area contributed by atoms with E-state index in [0.29, 0.717) is 28.7 Å². The number of esters is 1. The average Bonchev–Trinajstić information content (AvgIpc) is 2.72. The zero-order chi connectivity index (χ0) is 19.9. The van der Waals surface area contributed by atoms with Crippen molar-refractivity contribution in [3.8, 4) is 0 Å². The topological polar surface area (TPSA) is 49.9 Å². The minimum Gasteiger partial charge on any atom is -0.452 e. The van der Waals surface area contributed by atoms with E-state index in [0.717, 1.165) is 18.8 Å². The van der Waals surface area contributed by atoms with Gasteiger partial charge >= 0.3 is 5.97 Å². The van der Waals surface area contributed by atoms with Gasteiger partial charge in [-0.15, -0.1) is 0 Å². The second-order valence-electron chi connectivity index (χ2n) is 6.31. The van der Waals surface area contributed by atoms with E-state index in [1.807, 2.05) is 18.2 Å². The molecule has 0 aliphatic carbocycles. The Morgan fingerprint density at radius 2 is 1.71 bits per heavy atom. The van der Waals surface area contributed by atoms with Gasteiger partial charge in [0.25, 0.3) is 5.91 Å². The van der Waals surface area contributed by atoms with Crippen LogP contribution in [0.25, 0.3) is 6.08 Å². The van der Waals surface area contributed by atoms with E-state index < -0.39 is 5.97 Å². The third-order valence-corrected chi connectivity index (χ3v) is 5.02. The standard InChI is InChI=1S/C21H20Cl2N2O3/c22-17-8-6-16(19(23)14-17)7-9-21(27)28-15-20(26)25-12-10-24(11-13-25)18-4-2-1-3-5-18/h1-9,14H,10-13,15H2/b9-7+. The van der Waals surface area contributed by atoms with E-state index >= 15 is 0 Å². The molecular formula is C21H20Cl2N2O3. The molecule has 2 aromatic rings. The van der Waals surface area contributed by atoms with Crippen molar-refractivity contribution in [3.05, 3.63) is 70.2 Å². The number of para-hydroxylation sites is 1. The normalized spacial score (nSPS) is 14.4. The van der Waals surface area contributed by atoms with Gasteiger partial charge < -0.3 is 14.5 Å². The van der Waals surface area contributed by atoms with E-state index in [1.165, 1.54) is 12.2 Å². The smallest absolute Gasteiger partial charge is 0.331 e. The lowest BCUT2D eigenvalue weighted by molar-refractivity contribution is -0.148. The van der Waals surface area contributed by atoms with Gasteiger partial charge in [-0.25, -0.2) is 4.79 Å². The highest BCUT2D eigenvalue weighted by molar-refractivity contribution is 6.35. The lowest BCUT2D eigenvalue weighted by Gasteiger charge is -2.36. The fraction of sp³-hybridized carbons (Fsp3) is 0.238. The van der Waals surface area contributed by atoms with Crippen molar-refractivity contribution in [1.29, 1.82) is 0 Å². The molecule has 5 nitrogen and oxygen atoms in total. The summed E-state index contributed by atoms with van der Waals surface area (Å²) in [6.07, 6.45) is 2.78. The molecule has 0 N–H and O–H groups in total. The molecule has 1 aliphatic heterocycles. The summed E-state index contributed by atoms with van der Waals surface area (Å²) in [7, 11) is 0. The van der Waals surface area contributed by atoms with Crippen molar-refractivity contribution in [2.24, 2.45) is 0 Å². The van der Waals surface area contributed by atoms with Gasteiger partial charge in [-0.3, -0.25) is 4.79 Å². The number of carbonyl (C=O) groups excluding carboxylic acids is 2. The average molecular weight is 419 g/mol. The van der Waals surface area contributed by atoms with Crippen LogP contribution in [0.5, 0.6) is 0 Å². The monoisotopic (exact) mass is 418 g/mol. The maximum Gasteiger partial charge on any atom is 0.331 e. The van der Waals surface area contributed by atoms with Gasteiger partial charge in [0.05, 0.1) is 0 Å². The minimum atomic E-state index is -0.595. The Kier molecular flexibility index (Phi) is 6.95. The first-order chi connectivity index (χ1) is 13.5. The molecule has 0 unspecified atom stereocenters. The minimum absolute atomic E-state index is 0.195. The number of benzene rings is 2. The Morgan fingerprint density at radius 3 is 2.39 bits per heavy atom. The summed E-state index contributed by atoms with van der Waals surface area (Å²) in [5.74, 6) is -0.790. The molecule has 1 aliphatic rings. The molecule has 0 radical (unpaired) electrons. The van der Waals surface area contributed by atoms with Gasteiger partial charge in [0.1, 0.15) is 0 Å². The number of piperazine rings is 1. The second-order valence-corrected chi connectivity index (χ2v) is 7.15. The van der Waals surface area contributed by atoms with Crippen molar-refractivity contribution in [3.63, 3.8) is 0 Å². The van der Waals surface area contributed by atoms with Crippen molar-refractivity contribution < 1.29 is 14.3 Å². The lowest BCUT2D eigenvalue weighted by atomic mass is 10.2. The molecule has 1 heterocycles. The molecule has 1 fully saturated rings. The molecule has 1 amide bonds. The third kappa shape index (κ3) is 5.50. The summed E-state index contributed by atoms with van der Waals surface area (Å²) in [4.78, 5) is 28.1. The number of hydrogen-bond donors (Lipinski definition) is 0. The summed E-state index contributed by atoms with van der Waals surface area (Å²) in [5, 5.41) is 0.951. The number of amides is 1.